The first kappa shape index (κ1) is 17.0. The first-order chi connectivity index (χ1) is 12.2. The van der Waals surface area contributed by atoms with Crippen molar-refractivity contribution in [3.05, 3.63) is 45.7 Å². The van der Waals surface area contributed by atoms with Gasteiger partial charge < -0.3 is 4.74 Å². The quantitative estimate of drug-likeness (QED) is 0.819. The number of benzene rings is 1. The lowest BCUT2D eigenvalue weighted by Gasteiger charge is -2.26. The molecule has 1 N–H and O–H groups in total. The van der Waals surface area contributed by atoms with Crippen LogP contribution in [0.3, 0.4) is 0 Å². The van der Waals surface area contributed by atoms with Crippen LogP contribution in [0, 0.1) is 0 Å². The summed E-state index contributed by atoms with van der Waals surface area (Å²) in [5.74, 6) is 0.798. The van der Waals surface area contributed by atoms with E-state index in [4.69, 9.17) is 9.73 Å². The van der Waals surface area contributed by atoms with E-state index in [1.54, 1.807) is 23.5 Å². The number of H-pyrrole nitrogens is 1. The maximum absolute atomic E-state index is 12.7. The zero-order valence-corrected chi connectivity index (χ0v) is 16.0. The van der Waals surface area contributed by atoms with Crippen LogP contribution in [0.4, 0.5) is 5.82 Å². The number of aliphatic imine (C=N–C) groups is 1. The second-order valence-electron chi connectivity index (χ2n) is 6.29. The van der Waals surface area contributed by atoms with Gasteiger partial charge in [-0.25, -0.2) is 4.99 Å². The fourth-order valence-electron chi connectivity index (χ4n) is 3.43. The third-order valence-electron chi connectivity index (χ3n) is 4.72. The second kappa shape index (κ2) is 7.05. The zero-order valence-electron chi connectivity index (χ0n) is 14.3. The van der Waals surface area contributed by atoms with Crippen LogP contribution in [0.1, 0.15) is 42.2 Å². The van der Waals surface area contributed by atoms with E-state index in [1.165, 1.54) is 4.90 Å². The molecule has 1 atom stereocenters. The Bertz CT molecular complexity index is 848. The van der Waals surface area contributed by atoms with Gasteiger partial charge in [0, 0.05) is 18.1 Å². The number of aromatic amines is 1. The lowest BCUT2D eigenvalue weighted by molar-refractivity contribution is 0.0666. The molecular formula is C18H21N3O2S2. The molecule has 2 aliphatic rings. The molecule has 25 heavy (non-hydrogen) atoms. The van der Waals surface area contributed by atoms with Gasteiger partial charge in [0.1, 0.15) is 0 Å². The zero-order chi connectivity index (χ0) is 17.4. The van der Waals surface area contributed by atoms with Crippen molar-refractivity contribution in [2.24, 2.45) is 4.99 Å². The maximum Gasteiger partial charge on any atom is 0.271 e. The fourth-order valence-corrected chi connectivity index (χ4v) is 4.94. The normalized spacial score (nSPS) is 21.0. The van der Waals surface area contributed by atoms with E-state index in [0.717, 1.165) is 48.0 Å². The van der Waals surface area contributed by atoms with Crippen LogP contribution in [-0.4, -0.2) is 34.3 Å². The van der Waals surface area contributed by atoms with Crippen molar-refractivity contribution >= 4 is 34.4 Å². The number of ether oxygens (including phenoxy) is 1. The van der Waals surface area contributed by atoms with Gasteiger partial charge in [-0.1, -0.05) is 23.9 Å². The number of hydrogen-bond acceptors (Lipinski definition) is 5. The monoisotopic (exact) mass is 375 g/mol. The van der Waals surface area contributed by atoms with Crippen LogP contribution >= 0.6 is 23.5 Å². The Hall–Kier alpha value is -1.44. The maximum atomic E-state index is 12.7. The first-order valence-electron chi connectivity index (χ1n) is 8.45. The van der Waals surface area contributed by atoms with E-state index in [-0.39, 0.29) is 16.9 Å². The molecule has 2 aliphatic heterocycles. The molecule has 2 aromatic rings. The van der Waals surface area contributed by atoms with Crippen molar-refractivity contribution in [1.29, 1.82) is 0 Å². The topological polar surface area (TPSA) is 59.4 Å². The minimum absolute atomic E-state index is 0.00625. The van der Waals surface area contributed by atoms with Crippen LogP contribution in [0.25, 0.3) is 0 Å². The van der Waals surface area contributed by atoms with E-state index >= 15 is 0 Å². The Morgan fingerprint density at radius 3 is 2.68 bits per heavy atom. The van der Waals surface area contributed by atoms with Gasteiger partial charge in [0.05, 0.1) is 21.9 Å². The molecule has 1 aromatic heterocycles. The highest BCUT2D eigenvalue weighted by Crippen LogP contribution is 2.44. The summed E-state index contributed by atoms with van der Waals surface area (Å²) in [5.41, 5.74) is 1.90. The van der Waals surface area contributed by atoms with Crippen LogP contribution in [0.2, 0.25) is 0 Å². The van der Waals surface area contributed by atoms with E-state index in [2.05, 4.69) is 35.6 Å². The predicted molar refractivity (Wildman–Crippen MR) is 105 cm³/mol. The van der Waals surface area contributed by atoms with Crippen LogP contribution in [0.15, 0.2) is 38.9 Å². The van der Waals surface area contributed by atoms with Crippen LogP contribution in [0.5, 0.6) is 0 Å². The summed E-state index contributed by atoms with van der Waals surface area (Å²) in [7, 11) is 0. The Labute approximate surface area is 155 Å². The summed E-state index contributed by atoms with van der Waals surface area (Å²) in [4.78, 5) is 18.7. The van der Waals surface area contributed by atoms with Crippen molar-refractivity contribution in [3.8, 4) is 0 Å². The summed E-state index contributed by atoms with van der Waals surface area (Å²) in [6.45, 7) is 3.48. The number of rotatable bonds is 3. The van der Waals surface area contributed by atoms with Crippen LogP contribution in [-0.2, 0) is 4.74 Å². The van der Waals surface area contributed by atoms with Crippen molar-refractivity contribution in [2.45, 2.75) is 36.0 Å². The molecule has 0 spiro atoms. The van der Waals surface area contributed by atoms with Gasteiger partial charge in [0.2, 0.25) is 0 Å². The predicted octanol–water partition coefficient (Wildman–Crippen LogP) is 4.14. The molecule has 7 heteroatoms. The molecule has 1 fully saturated rings. The SMILES string of the molecule is CSc1ccc([C@@H]2SC(C)=Nc3c2c(=O)[nH]n3C2CCOCC2)cc1. The molecular weight excluding hydrogens is 354 g/mol. The summed E-state index contributed by atoms with van der Waals surface area (Å²) in [6.07, 6.45) is 3.88. The lowest BCUT2D eigenvalue weighted by Crippen LogP contribution is -2.21. The minimum atomic E-state index is -0.0239. The highest BCUT2D eigenvalue weighted by Gasteiger charge is 2.32. The highest BCUT2D eigenvalue weighted by molar-refractivity contribution is 8.14. The van der Waals surface area contributed by atoms with Gasteiger partial charge in [-0.05, 0) is 43.7 Å². The van der Waals surface area contributed by atoms with E-state index in [1.807, 2.05) is 11.6 Å². The average Bonchev–Trinajstić information content (AvgIpc) is 2.98. The van der Waals surface area contributed by atoms with Gasteiger partial charge in [-0.3, -0.25) is 14.6 Å². The molecule has 0 bridgehead atoms. The minimum Gasteiger partial charge on any atom is -0.381 e. The molecule has 0 unspecified atom stereocenters. The molecule has 5 nitrogen and oxygen atoms in total. The summed E-state index contributed by atoms with van der Waals surface area (Å²) < 4.78 is 7.44. The van der Waals surface area contributed by atoms with Crippen LogP contribution < -0.4 is 5.56 Å². The summed E-state index contributed by atoms with van der Waals surface area (Å²) in [6, 6.07) is 8.73. The number of fused-ring (bicyclic) bond motifs is 1. The molecule has 132 valence electrons. The molecule has 3 heterocycles. The Morgan fingerprint density at radius 2 is 2.00 bits per heavy atom. The van der Waals surface area contributed by atoms with Crippen molar-refractivity contribution in [2.75, 3.05) is 19.5 Å². The first-order valence-corrected chi connectivity index (χ1v) is 10.6. The summed E-state index contributed by atoms with van der Waals surface area (Å²) >= 11 is 3.38. The fraction of sp³-hybridized carbons (Fsp3) is 0.444. The third-order valence-corrected chi connectivity index (χ3v) is 6.64. The molecule has 0 aliphatic carbocycles. The number of thioether (sulfide) groups is 2. The number of hydrogen-bond donors (Lipinski definition) is 1. The van der Waals surface area contributed by atoms with Gasteiger partial charge in [-0.2, -0.15) is 0 Å². The average molecular weight is 376 g/mol. The van der Waals surface area contributed by atoms with Gasteiger partial charge in [-0.15, -0.1) is 11.8 Å². The molecule has 0 amide bonds. The van der Waals surface area contributed by atoms with Gasteiger partial charge >= 0.3 is 0 Å². The number of aromatic nitrogens is 2. The van der Waals surface area contributed by atoms with E-state index < -0.39 is 0 Å². The Balaban J connectivity index is 1.77. The molecule has 1 saturated heterocycles. The molecule has 0 saturated carbocycles. The smallest absolute Gasteiger partial charge is 0.271 e. The number of nitrogens with one attached hydrogen (secondary N) is 1. The van der Waals surface area contributed by atoms with Gasteiger partial charge in [0.15, 0.2) is 5.82 Å². The lowest BCUT2D eigenvalue weighted by atomic mass is 10.1. The second-order valence-corrected chi connectivity index (χ2v) is 8.47. The Kier molecular flexibility index (Phi) is 4.80. The van der Waals surface area contributed by atoms with Crippen molar-refractivity contribution in [1.82, 2.24) is 9.78 Å². The highest BCUT2D eigenvalue weighted by atomic mass is 32.2. The molecule has 1 aromatic carbocycles. The van der Waals surface area contributed by atoms with Gasteiger partial charge in [0.25, 0.3) is 5.56 Å². The van der Waals surface area contributed by atoms with E-state index in [9.17, 15) is 4.79 Å². The van der Waals surface area contributed by atoms with Crippen molar-refractivity contribution in [3.63, 3.8) is 0 Å². The molecule has 0 radical (unpaired) electrons. The molecule has 4 rings (SSSR count). The number of nitrogens with zero attached hydrogens (tertiary/aromatic N) is 2. The standard InChI is InChI=1S/C18H21N3O2S2/c1-11-19-17-15(16(25-11)12-3-5-14(24-2)6-4-12)18(22)20-21(17)13-7-9-23-10-8-13/h3-6,13,16H,7-10H2,1-2H3,(H,20,22)/t16-/m0/s1. The third kappa shape index (κ3) is 3.20. The summed E-state index contributed by atoms with van der Waals surface area (Å²) in [5, 5.41) is 4.03. The van der Waals surface area contributed by atoms with Crippen molar-refractivity contribution < 1.29 is 4.74 Å². The van der Waals surface area contributed by atoms with E-state index in [0.29, 0.717) is 0 Å². The Morgan fingerprint density at radius 1 is 1.28 bits per heavy atom. The largest absolute Gasteiger partial charge is 0.381 e.